The number of nitriles is 2. The zero-order valence-electron chi connectivity index (χ0n) is 13.7. The van der Waals surface area contributed by atoms with Gasteiger partial charge in [0.2, 0.25) is 5.78 Å². The van der Waals surface area contributed by atoms with Crippen molar-refractivity contribution in [2.45, 2.75) is 11.8 Å². The number of hydrogen-bond donors (Lipinski definition) is 2. The summed E-state index contributed by atoms with van der Waals surface area (Å²) in [7, 11) is 0. The van der Waals surface area contributed by atoms with Crippen LogP contribution in [0.1, 0.15) is 23.0 Å². The van der Waals surface area contributed by atoms with Gasteiger partial charge in [-0.05, 0) is 11.1 Å². The minimum Gasteiger partial charge on any atom is -0.350 e. The molecule has 128 valence electrons. The molecule has 3 N–H and O–H groups in total. The van der Waals surface area contributed by atoms with E-state index in [0.29, 0.717) is 11.1 Å². The molecule has 2 atom stereocenters. The fourth-order valence-electron chi connectivity index (χ4n) is 2.39. The number of carbonyl (C=O) groups excluding carboxylic acids is 2. The third kappa shape index (κ3) is 4.31. The van der Waals surface area contributed by atoms with Gasteiger partial charge in [-0.3, -0.25) is 4.79 Å². The molecule has 0 aromatic heterocycles. The molecule has 0 aliphatic heterocycles. The predicted octanol–water partition coefficient (Wildman–Crippen LogP) is 2.19. The van der Waals surface area contributed by atoms with E-state index in [-0.39, 0.29) is 5.71 Å². The minimum atomic E-state index is -1.16. The fraction of sp³-hybridized carbons (Fsp3) is 0.105. The zero-order chi connectivity index (χ0) is 18.9. The lowest BCUT2D eigenvalue weighted by Crippen LogP contribution is -2.32. The van der Waals surface area contributed by atoms with Gasteiger partial charge in [0.1, 0.15) is 17.5 Å². The fourth-order valence-corrected chi connectivity index (χ4v) is 2.39. The van der Waals surface area contributed by atoms with Gasteiger partial charge in [0.25, 0.3) is 0 Å². The van der Waals surface area contributed by atoms with Gasteiger partial charge in [0.15, 0.2) is 0 Å². The van der Waals surface area contributed by atoms with Gasteiger partial charge in [-0.2, -0.15) is 15.6 Å². The van der Waals surface area contributed by atoms with Crippen LogP contribution >= 0.6 is 0 Å². The summed E-state index contributed by atoms with van der Waals surface area (Å²) in [5.41, 5.74) is 7.74. The number of hydrogen-bond acceptors (Lipinski definition) is 5. The van der Waals surface area contributed by atoms with Crippen LogP contribution in [0.5, 0.6) is 0 Å². The molecule has 0 bridgehead atoms. The molecule has 2 aromatic rings. The van der Waals surface area contributed by atoms with Crippen molar-refractivity contribution < 1.29 is 9.59 Å². The lowest BCUT2D eigenvalue weighted by atomic mass is 9.86. The monoisotopic (exact) mass is 345 g/mol. The molecule has 7 nitrogen and oxygen atoms in total. The number of Topliss-reactive ketones (excluding diaryl/α,β-unsaturated/α-hetero) is 1. The molecule has 26 heavy (non-hydrogen) atoms. The molecule has 7 heteroatoms. The van der Waals surface area contributed by atoms with Crippen LogP contribution in [-0.4, -0.2) is 17.5 Å². The number of amides is 2. The molecule has 2 amide bonds. The smallest absolute Gasteiger partial charge is 0.332 e. The van der Waals surface area contributed by atoms with E-state index in [1.54, 1.807) is 60.7 Å². The highest BCUT2D eigenvalue weighted by Crippen LogP contribution is 2.23. The van der Waals surface area contributed by atoms with Crippen molar-refractivity contribution in [1.29, 1.82) is 10.5 Å². The van der Waals surface area contributed by atoms with Gasteiger partial charge in [0, 0.05) is 0 Å². The highest BCUT2D eigenvalue weighted by Gasteiger charge is 2.31. The van der Waals surface area contributed by atoms with E-state index >= 15 is 0 Å². The average Bonchev–Trinajstić information content (AvgIpc) is 2.67. The number of benzene rings is 2. The van der Waals surface area contributed by atoms with Gasteiger partial charge in [-0.25, -0.2) is 10.2 Å². The minimum absolute atomic E-state index is 0.257. The second-order valence-electron chi connectivity index (χ2n) is 5.28. The molecule has 0 saturated carbocycles. The lowest BCUT2D eigenvalue weighted by Gasteiger charge is -2.15. The van der Waals surface area contributed by atoms with Gasteiger partial charge in [-0.15, -0.1) is 0 Å². The number of nitrogens with zero attached hydrogens (tertiary/aromatic N) is 3. The Morgan fingerprint density at radius 1 is 0.885 bits per heavy atom. The molecular weight excluding hydrogens is 330 g/mol. The third-order valence-electron chi connectivity index (χ3n) is 3.60. The maximum Gasteiger partial charge on any atom is 0.332 e. The molecule has 2 rings (SSSR count). The molecule has 0 radical (unpaired) electrons. The highest BCUT2D eigenvalue weighted by atomic mass is 16.2. The van der Waals surface area contributed by atoms with Crippen LogP contribution < -0.4 is 11.2 Å². The summed E-state index contributed by atoms with van der Waals surface area (Å²) in [6, 6.07) is 19.9. The first-order valence-corrected chi connectivity index (χ1v) is 7.64. The summed E-state index contributed by atoms with van der Waals surface area (Å²) in [5.74, 6) is -2.90. The first-order chi connectivity index (χ1) is 12.6. The summed E-state index contributed by atoms with van der Waals surface area (Å²) >= 11 is 0. The number of rotatable bonds is 6. The maximum atomic E-state index is 13.0. The Morgan fingerprint density at radius 2 is 1.35 bits per heavy atom. The number of nitrogens with one attached hydrogen (secondary N) is 1. The largest absolute Gasteiger partial charge is 0.350 e. The standard InChI is InChI=1S/C19H15N5O2/c20-11-15(13-7-3-1-4-8-13)17(23-24-19(22)26)18(25)16(12-21)14-9-5-2-6-10-14/h1-10,15-16H,(H3,22,24,26)/b23-17+/t15-,16+/m1/s1. The summed E-state index contributed by atoms with van der Waals surface area (Å²) in [6.45, 7) is 0. The molecular formula is C19H15N5O2. The van der Waals surface area contributed by atoms with E-state index in [9.17, 15) is 20.1 Å². The summed E-state index contributed by atoms with van der Waals surface area (Å²) in [6.07, 6.45) is 0. The quantitative estimate of drug-likeness (QED) is 0.613. The van der Waals surface area contributed by atoms with E-state index in [0.717, 1.165) is 0 Å². The van der Waals surface area contributed by atoms with E-state index in [4.69, 9.17) is 5.73 Å². The molecule has 2 aromatic carbocycles. The first-order valence-electron chi connectivity index (χ1n) is 7.64. The number of primary amides is 1. The summed E-state index contributed by atoms with van der Waals surface area (Å²) in [4.78, 5) is 24.0. The molecule has 0 spiro atoms. The van der Waals surface area contributed by atoms with Gasteiger partial charge in [-0.1, -0.05) is 60.7 Å². The van der Waals surface area contributed by atoms with Crippen LogP contribution in [0.15, 0.2) is 65.8 Å². The molecule has 0 unspecified atom stereocenters. The molecule has 0 saturated heterocycles. The Kier molecular flexibility index (Phi) is 6.19. The Morgan fingerprint density at radius 3 is 1.77 bits per heavy atom. The van der Waals surface area contributed by atoms with Gasteiger partial charge in [0.05, 0.1) is 12.1 Å². The second-order valence-corrected chi connectivity index (χ2v) is 5.28. The van der Waals surface area contributed by atoms with Crippen molar-refractivity contribution in [3.05, 3.63) is 71.8 Å². The van der Waals surface area contributed by atoms with Crippen LogP contribution in [0.2, 0.25) is 0 Å². The topological polar surface area (TPSA) is 132 Å². The Balaban J connectivity index is 2.49. The van der Waals surface area contributed by atoms with Crippen molar-refractivity contribution in [1.82, 2.24) is 5.43 Å². The number of carbonyl (C=O) groups is 2. The van der Waals surface area contributed by atoms with E-state index in [1.165, 1.54) is 0 Å². The van der Waals surface area contributed by atoms with Gasteiger partial charge < -0.3 is 5.73 Å². The van der Waals surface area contributed by atoms with Crippen molar-refractivity contribution in [2.75, 3.05) is 0 Å². The predicted molar refractivity (Wildman–Crippen MR) is 94.8 cm³/mol. The highest BCUT2D eigenvalue weighted by molar-refractivity contribution is 6.44. The van der Waals surface area contributed by atoms with Crippen LogP contribution in [0.25, 0.3) is 0 Å². The molecule has 0 fully saturated rings. The zero-order valence-corrected chi connectivity index (χ0v) is 13.7. The Bertz CT molecular complexity index is 895. The lowest BCUT2D eigenvalue weighted by molar-refractivity contribution is -0.113. The van der Waals surface area contributed by atoms with E-state index < -0.39 is 23.7 Å². The van der Waals surface area contributed by atoms with Crippen LogP contribution in [-0.2, 0) is 4.79 Å². The average molecular weight is 345 g/mol. The molecule has 0 aliphatic rings. The second kappa shape index (κ2) is 8.76. The number of nitrogens with two attached hydrogens (primary N) is 1. The maximum absolute atomic E-state index is 13.0. The van der Waals surface area contributed by atoms with E-state index in [2.05, 4.69) is 5.10 Å². The summed E-state index contributed by atoms with van der Waals surface area (Å²) in [5, 5.41) is 22.8. The normalized spacial score (nSPS) is 12.9. The van der Waals surface area contributed by atoms with E-state index in [1.807, 2.05) is 17.6 Å². The van der Waals surface area contributed by atoms with Crippen molar-refractivity contribution in [3.63, 3.8) is 0 Å². The third-order valence-corrected chi connectivity index (χ3v) is 3.60. The first kappa shape index (κ1) is 18.4. The summed E-state index contributed by atoms with van der Waals surface area (Å²) < 4.78 is 0. The SMILES string of the molecule is N#C[C@H](C(=O)/C(=N/NC(N)=O)[C@H](C#N)c1ccccc1)c1ccccc1. The Labute approximate surface area is 150 Å². The number of ketones is 1. The van der Waals surface area contributed by atoms with Crippen LogP contribution in [0.3, 0.4) is 0 Å². The number of urea groups is 1. The van der Waals surface area contributed by atoms with Crippen LogP contribution in [0, 0.1) is 22.7 Å². The molecule has 0 heterocycles. The van der Waals surface area contributed by atoms with Crippen molar-refractivity contribution in [2.24, 2.45) is 10.8 Å². The molecule has 0 aliphatic carbocycles. The Hall–Kier alpha value is -3.97. The number of hydrazone groups is 1. The van der Waals surface area contributed by atoms with Crippen molar-refractivity contribution in [3.8, 4) is 12.1 Å². The van der Waals surface area contributed by atoms with Gasteiger partial charge >= 0.3 is 6.03 Å². The van der Waals surface area contributed by atoms with Crippen LogP contribution in [0.4, 0.5) is 4.79 Å². The van der Waals surface area contributed by atoms with Crippen molar-refractivity contribution >= 4 is 17.5 Å².